The van der Waals surface area contributed by atoms with E-state index in [9.17, 15) is 4.79 Å². The van der Waals surface area contributed by atoms with Crippen LogP contribution in [0.5, 0.6) is 0 Å². The largest absolute Gasteiger partial charge is 0.377 e. The Morgan fingerprint density at radius 2 is 1.95 bits per heavy atom. The quantitative estimate of drug-likeness (QED) is 0.744. The number of aryl methyl sites for hydroxylation is 1. The number of methoxy groups -OCH3 is 1. The first-order valence-electron chi connectivity index (χ1n) is 7.33. The summed E-state index contributed by atoms with van der Waals surface area (Å²) in [6.45, 7) is 6.14. The van der Waals surface area contributed by atoms with Crippen LogP contribution in [0.2, 0.25) is 0 Å². The summed E-state index contributed by atoms with van der Waals surface area (Å²) in [5.41, 5.74) is 4.19. The molecule has 0 heterocycles. The fourth-order valence-electron chi connectivity index (χ4n) is 3.00. The van der Waals surface area contributed by atoms with Crippen molar-refractivity contribution < 1.29 is 9.53 Å². The number of ketones is 1. The predicted octanol–water partition coefficient (Wildman–Crippen LogP) is 4.55. The number of hydrogen-bond acceptors (Lipinski definition) is 2. The molecule has 21 heavy (non-hydrogen) atoms. The zero-order valence-corrected chi connectivity index (χ0v) is 14.8. The molecule has 0 aromatic heterocycles. The fourth-order valence-corrected chi connectivity index (χ4v) is 3.69. The number of benzene rings is 1. The molecule has 2 rings (SSSR count). The third kappa shape index (κ3) is 3.14. The third-order valence-electron chi connectivity index (χ3n) is 4.82. The van der Waals surface area contributed by atoms with Gasteiger partial charge in [0.1, 0.15) is 0 Å². The minimum absolute atomic E-state index is 0.202. The minimum Gasteiger partial charge on any atom is -0.377 e. The lowest BCUT2D eigenvalue weighted by Crippen LogP contribution is -2.41. The summed E-state index contributed by atoms with van der Waals surface area (Å²) in [7, 11) is 1.73. The highest BCUT2D eigenvalue weighted by molar-refractivity contribution is 9.09. The van der Waals surface area contributed by atoms with Gasteiger partial charge in [0, 0.05) is 18.9 Å². The topological polar surface area (TPSA) is 26.3 Å². The summed E-state index contributed by atoms with van der Waals surface area (Å²) in [5, 5.41) is 0.731. The van der Waals surface area contributed by atoms with Crippen LogP contribution >= 0.6 is 15.9 Å². The van der Waals surface area contributed by atoms with E-state index in [0.717, 1.165) is 17.3 Å². The van der Waals surface area contributed by atoms with Crippen molar-refractivity contribution in [1.82, 2.24) is 0 Å². The molecule has 1 aromatic carbocycles. The molecule has 1 aromatic rings. The fraction of sp³-hybridized carbons (Fsp3) is 0.500. The Hall–Kier alpha value is -0.930. The third-order valence-corrected chi connectivity index (χ3v) is 5.93. The van der Waals surface area contributed by atoms with Gasteiger partial charge >= 0.3 is 0 Å². The van der Waals surface area contributed by atoms with Crippen LogP contribution in [-0.2, 0) is 9.53 Å². The normalized spacial score (nSPS) is 22.3. The molecule has 0 bridgehead atoms. The SMILES string of the molecule is COC(C)(CBr)[C@@H]1CC(=O)C(C)=C(c2ccccc2C)C1. The lowest BCUT2D eigenvalue weighted by molar-refractivity contribution is -0.119. The van der Waals surface area contributed by atoms with E-state index in [-0.39, 0.29) is 17.3 Å². The summed E-state index contributed by atoms with van der Waals surface area (Å²) in [6, 6.07) is 8.29. The Bertz CT molecular complexity index is 570. The molecule has 2 atom stereocenters. The summed E-state index contributed by atoms with van der Waals surface area (Å²) in [4.78, 5) is 12.4. The van der Waals surface area contributed by atoms with Gasteiger partial charge in [0.15, 0.2) is 5.78 Å². The number of alkyl halides is 1. The van der Waals surface area contributed by atoms with E-state index in [4.69, 9.17) is 4.74 Å². The van der Waals surface area contributed by atoms with Crippen molar-refractivity contribution in [1.29, 1.82) is 0 Å². The molecule has 0 saturated heterocycles. The second kappa shape index (κ2) is 6.45. The van der Waals surface area contributed by atoms with E-state index >= 15 is 0 Å². The van der Waals surface area contributed by atoms with E-state index in [1.165, 1.54) is 16.7 Å². The van der Waals surface area contributed by atoms with Gasteiger partial charge in [-0.15, -0.1) is 0 Å². The molecule has 0 amide bonds. The predicted molar refractivity (Wildman–Crippen MR) is 90.7 cm³/mol. The number of ether oxygens (including phenoxy) is 1. The monoisotopic (exact) mass is 350 g/mol. The summed E-state index contributed by atoms with van der Waals surface area (Å²) in [6.07, 6.45) is 1.45. The number of halogens is 1. The van der Waals surface area contributed by atoms with Gasteiger partial charge in [-0.2, -0.15) is 0 Å². The van der Waals surface area contributed by atoms with Gasteiger partial charge in [0.05, 0.1) is 5.60 Å². The number of rotatable bonds is 4. The van der Waals surface area contributed by atoms with Crippen LogP contribution < -0.4 is 0 Å². The first kappa shape index (κ1) is 16.4. The highest BCUT2D eigenvalue weighted by Gasteiger charge is 2.39. The van der Waals surface area contributed by atoms with Crippen LogP contribution in [0.1, 0.15) is 37.8 Å². The Labute approximate surface area is 135 Å². The molecular weight excluding hydrogens is 328 g/mol. The van der Waals surface area contributed by atoms with Gasteiger partial charge in [-0.05, 0) is 55.4 Å². The van der Waals surface area contributed by atoms with E-state index in [2.05, 4.69) is 41.9 Å². The number of allylic oxidation sites excluding steroid dienone is 2. The average Bonchev–Trinajstić information content (AvgIpc) is 2.50. The molecule has 114 valence electrons. The molecule has 0 N–H and O–H groups in total. The smallest absolute Gasteiger partial charge is 0.159 e. The average molecular weight is 351 g/mol. The van der Waals surface area contributed by atoms with Crippen LogP contribution in [0.4, 0.5) is 0 Å². The first-order valence-corrected chi connectivity index (χ1v) is 8.45. The molecule has 0 saturated carbocycles. The van der Waals surface area contributed by atoms with Crippen molar-refractivity contribution in [2.75, 3.05) is 12.4 Å². The number of carbonyl (C=O) groups excluding carboxylic acids is 1. The van der Waals surface area contributed by atoms with Crippen LogP contribution in [0, 0.1) is 12.8 Å². The van der Waals surface area contributed by atoms with Crippen molar-refractivity contribution in [2.45, 2.75) is 39.2 Å². The maximum Gasteiger partial charge on any atom is 0.159 e. The molecule has 0 aliphatic heterocycles. The highest BCUT2D eigenvalue weighted by Crippen LogP contribution is 2.41. The molecule has 1 aliphatic rings. The molecule has 2 nitrogen and oxygen atoms in total. The first-order chi connectivity index (χ1) is 9.92. The molecule has 0 fully saturated rings. The van der Waals surface area contributed by atoms with E-state index in [1.54, 1.807) is 7.11 Å². The van der Waals surface area contributed by atoms with Crippen molar-refractivity contribution in [3.05, 3.63) is 41.0 Å². The second-order valence-electron chi connectivity index (χ2n) is 6.10. The van der Waals surface area contributed by atoms with Gasteiger partial charge in [-0.3, -0.25) is 4.79 Å². The van der Waals surface area contributed by atoms with E-state index in [1.807, 2.05) is 19.1 Å². The van der Waals surface area contributed by atoms with Crippen LogP contribution in [0.3, 0.4) is 0 Å². The zero-order valence-electron chi connectivity index (χ0n) is 13.2. The molecular formula is C18H23BrO2. The molecule has 0 spiro atoms. The number of hydrogen-bond donors (Lipinski definition) is 0. The van der Waals surface area contributed by atoms with Gasteiger partial charge < -0.3 is 4.74 Å². The summed E-state index contributed by atoms with van der Waals surface area (Å²) >= 11 is 3.54. The zero-order chi connectivity index (χ0) is 15.6. The van der Waals surface area contributed by atoms with Crippen LogP contribution in [0.15, 0.2) is 29.8 Å². The Morgan fingerprint density at radius 1 is 1.29 bits per heavy atom. The van der Waals surface area contributed by atoms with Gasteiger partial charge in [0.2, 0.25) is 0 Å². The van der Waals surface area contributed by atoms with Crippen LogP contribution in [0.25, 0.3) is 5.57 Å². The molecule has 0 radical (unpaired) electrons. The summed E-state index contributed by atoms with van der Waals surface area (Å²) < 4.78 is 5.70. The Kier molecular flexibility index (Phi) is 5.05. The number of carbonyl (C=O) groups is 1. The lowest BCUT2D eigenvalue weighted by atomic mass is 9.73. The summed E-state index contributed by atoms with van der Waals surface area (Å²) in [5.74, 6) is 0.446. The van der Waals surface area contributed by atoms with Crippen molar-refractivity contribution in [2.24, 2.45) is 5.92 Å². The van der Waals surface area contributed by atoms with Crippen molar-refractivity contribution in [3.8, 4) is 0 Å². The van der Waals surface area contributed by atoms with Gasteiger partial charge in [-0.1, -0.05) is 40.2 Å². The molecule has 3 heteroatoms. The van der Waals surface area contributed by atoms with Crippen molar-refractivity contribution >= 4 is 27.3 Å². The minimum atomic E-state index is -0.315. The van der Waals surface area contributed by atoms with E-state index in [0.29, 0.717) is 6.42 Å². The Balaban J connectivity index is 2.44. The maximum absolute atomic E-state index is 12.4. The van der Waals surface area contributed by atoms with Crippen LogP contribution in [-0.4, -0.2) is 23.8 Å². The van der Waals surface area contributed by atoms with E-state index < -0.39 is 0 Å². The standard InChI is InChI=1S/C18H23BrO2/c1-12-7-5-6-8-15(12)16-9-14(10-17(20)13(16)2)18(3,11-19)21-4/h5-8,14H,9-11H2,1-4H3/t14-,18?/m0/s1. The second-order valence-corrected chi connectivity index (χ2v) is 6.66. The van der Waals surface area contributed by atoms with Crippen molar-refractivity contribution in [3.63, 3.8) is 0 Å². The molecule has 1 unspecified atom stereocenters. The number of Topliss-reactive ketones (excluding diaryl/α,β-unsaturated/α-hetero) is 1. The highest BCUT2D eigenvalue weighted by atomic mass is 79.9. The maximum atomic E-state index is 12.4. The Morgan fingerprint density at radius 3 is 2.52 bits per heavy atom. The van der Waals surface area contributed by atoms with Gasteiger partial charge in [0.25, 0.3) is 0 Å². The lowest BCUT2D eigenvalue weighted by Gasteiger charge is -2.38. The molecule has 1 aliphatic carbocycles. The van der Waals surface area contributed by atoms with Gasteiger partial charge in [-0.25, -0.2) is 0 Å².